The Bertz CT molecular complexity index is 685. The lowest BCUT2D eigenvalue weighted by Crippen LogP contribution is -2.16. The van der Waals surface area contributed by atoms with Gasteiger partial charge in [0, 0.05) is 17.3 Å². The van der Waals surface area contributed by atoms with E-state index in [1.54, 1.807) is 6.26 Å². The van der Waals surface area contributed by atoms with Crippen LogP contribution in [-0.4, -0.2) is 16.8 Å². The zero-order valence-electron chi connectivity index (χ0n) is 11.6. The van der Waals surface area contributed by atoms with E-state index in [0.717, 1.165) is 22.6 Å². The summed E-state index contributed by atoms with van der Waals surface area (Å²) in [6.07, 6.45) is 5.71. The number of rotatable bonds is 4. The second kappa shape index (κ2) is 5.35. The van der Waals surface area contributed by atoms with Gasteiger partial charge in [0.15, 0.2) is 0 Å². The Hall–Kier alpha value is -2.33. The molecule has 2 aromatic heterocycles. The lowest BCUT2D eigenvalue weighted by molar-refractivity contribution is 0.528. The summed E-state index contributed by atoms with van der Waals surface area (Å²) in [7, 11) is 1.94. The average Bonchev–Trinajstić information content (AvgIpc) is 3.11. The van der Waals surface area contributed by atoms with Crippen molar-refractivity contribution in [3.05, 3.63) is 71.9 Å². The molecule has 2 heterocycles. The van der Waals surface area contributed by atoms with Crippen LogP contribution in [0.25, 0.3) is 5.69 Å². The van der Waals surface area contributed by atoms with Crippen molar-refractivity contribution >= 4 is 0 Å². The zero-order chi connectivity index (χ0) is 13.9. The first-order valence-electron chi connectivity index (χ1n) is 6.60. The van der Waals surface area contributed by atoms with Crippen LogP contribution < -0.4 is 5.32 Å². The molecule has 1 N–H and O–H groups in total. The molecule has 0 saturated heterocycles. The first-order chi connectivity index (χ1) is 9.78. The third-order valence-corrected chi connectivity index (χ3v) is 3.33. The fourth-order valence-electron chi connectivity index (χ4n) is 2.35. The second-order valence-corrected chi connectivity index (χ2v) is 4.77. The van der Waals surface area contributed by atoms with E-state index in [0.29, 0.717) is 0 Å². The standard InChI is InChI=1S/C16H17N3O/c1-12-8-13(11-20-12)16(17-2)14-9-18-19(10-14)15-6-4-3-5-7-15/h3-11,16-17H,1-2H3. The van der Waals surface area contributed by atoms with Crippen molar-refractivity contribution in [3.8, 4) is 5.69 Å². The number of nitrogens with one attached hydrogen (secondary N) is 1. The number of aromatic nitrogens is 2. The average molecular weight is 267 g/mol. The van der Waals surface area contributed by atoms with Crippen molar-refractivity contribution in [1.82, 2.24) is 15.1 Å². The van der Waals surface area contributed by atoms with Gasteiger partial charge in [-0.05, 0) is 32.2 Å². The van der Waals surface area contributed by atoms with Crippen LogP contribution in [0.4, 0.5) is 0 Å². The Morgan fingerprint density at radius 2 is 2.00 bits per heavy atom. The summed E-state index contributed by atoms with van der Waals surface area (Å²) in [5.74, 6) is 0.913. The predicted molar refractivity (Wildman–Crippen MR) is 77.9 cm³/mol. The molecule has 20 heavy (non-hydrogen) atoms. The number of hydrogen-bond donors (Lipinski definition) is 1. The van der Waals surface area contributed by atoms with E-state index >= 15 is 0 Å². The molecule has 1 aromatic carbocycles. The zero-order valence-corrected chi connectivity index (χ0v) is 11.6. The van der Waals surface area contributed by atoms with Gasteiger partial charge in [-0.2, -0.15) is 5.10 Å². The maximum atomic E-state index is 5.39. The van der Waals surface area contributed by atoms with Crippen LogP contribution in [0.1, 0.15) is 22.9 Å². The predicted octanol–water partition coefficient (Wildman–Crippen LogP) is 3.08. The van der Waals surface area contributed by atoms with Crippen molar-refractivity contribution in [2.24, 2.45) is 0 Å². The molecule has 1 atom stereocenters. The van der Waals surface area contributed by atoms with Crippen LogP contribution in [0.2, 0.25) is 0 Å². The normalized spacial score (nSPS) is 12.5. The van der Waals surface area contributed by atoms with E-state index in [4.69, 9.17) is 4.42 Å². The molecule has 4 nitrogen and oxygen atoms in total. The van der Waals surface area contributed by atoms with Crippen molar-refractivity contribution in [3.63, 3.8) is 0 Å². The molecule has 0 bridgehead atoms. The topological polar surface area (TPSA) is 43.0 Å². The molecule has 0 amide bonds. The van der Waals surface area contributed by atoms with E-state index in [-0.39, 0.29) is 6.04 Å². The van der Waals surface area contributed by atoms with Gasteiger partial charge in [0.25, 0.3) is 0 Å². The molecule has 0 aliphatic carbocycles. The van der Waals surface area contributed by atoms with E-state index in [1.807, 2.05) is 67.4 Å². The summed E-state index contributed by atoms with van der Waals surface area (Å²) in [5.41, 5.74) is 3.27. The highest BCUT2D eigenvalue weighted by Crippen LogP contribution is 2.23. The quantitative estimate of drug-likeness (QED) is 0.790. The molecule has 0 aliphatic heterocycles. The Balaban J connectivity index is 1.92. The van der Waals surface area contributed by atoms with Gasteiger partial charge in [0.1, 0.15) is 5.76 Å². The monoisotopic (exact) mass is 267 g/mol. The minimum absolute atomic E-state index is 0.0879. The Kier molecular flexibility index (Phi) is 3.39. The van der Waals surface area contributed by atoms with E-state index in [2.05, 4.69) is 10.4 Å². The van der Waals surface area contributed by atoms with Crippen LogP contribution >= 0.6 is 0 Å². The van der Waals surface area contributed by atoms with Crippen LogP contribution in [0.15, 0.2) is 59.5 Å². The van der Waals surface area contributed by atoms with Gasteiger partial charge in [-0.1, -0.05) is 18.2 Å². The second-order valence-electron chi connectivity index (χ2n) is 4.77. The van der Waals surface area contributed by atoms with Crippen molar-refractivity contribution < 1.29 is 4.42 Å². The fourth-order valence-corrected chi connectivity index (χ4v) is 2.35. The third kappa shape index (κ3) is 2.38. The first kappa shape index (κ1) is 12.7. The number of hydrogen-bond acceptors (Lipinski definition) is 3. The summed E-state index contributed by atoms with van der Waals surface area (Å²) in [4.78, 5) is 0. The van der Waals surface area contributed by atoms with Crippen LogP contribution in [0.5, 0.6) is 0 Å². The molecule has 0 spiro atoms. The smallest absolute Gasteiger partial charge is 0.101 e. The largest absolute Gasteiger partial charge is 0.469 e. The van der Waals surface area contributed by atoms with Crippen LogP contribution in [0.3, 0.4) is 0 Å². The van der Waals surface area contributed by atoms with Crippen molar-refractivity contribution in [2.45, 2.75) is 13.0 Å². The van der Waals surface area contributed by atoms with Crippen LogP contribution in [-0.2, 0) is 0 Å². The number of benzene rings is 1. The molecular weight excluding hydrogens is 250 g/mol. The number of para-hydroxylation sites is 1. The minimum Gasteiger partial charge on any atom is -0.469 e. The van der Waals surface area contributed by atoms with Gasteiger partial charge in [-0.25, -0.2) is 4.68 Å². The summed E-state index contributed by atoms with van der Waals surface area (Å²) >= 11 is 0. The molecule has 0 fully saturated rings. The highest BCUT2D eigenvalue weighted by atomic mass is 16.3. The van der Waals surface area contributed by atoms with Crippen molar-refractivity contribution in [2.75, 3.05) is 7.05 Å². The van der Waals surface area contributed by atoms with E-state index in [9.17, 15) is 0 Å². The molecular formula is C16H17N3O. The van der Waals surface area contributed by atoms with E-state index in [1.165, 1.54) is 0 Å². The van der Waals surface area contributed by atoms with E-state index < -0.39 is 0 Å². The Morgan fingerprint density at radius 3 is 2.65 bits per heavy atom. The van der Waals surface area contributed by atoms with Gasteiger partial charge in [0.05, 0.1) is 24.2 Å². The fraction of sp³-hybridized carbons (Fsp3) is 0.188. The Labute approximate surface area is 118 Å². The van der Waals surface area contributed by atoms with Gasteiger partial charge in [-0.3, -0.25) is 0 Å². The number of aryl methyl sites for hydroxylation is 1. The van der Waals surface area contributed by atoms with Crippen molar-refractivity contribution in [1.29, 1.82) is 0 Å². The van der Waals surface area contributed by atoms with Crippen LogP contribution in [0, 0.1) is 6.92 Å². The number of furan rings is 1. The minimum atomic E-state index is 0.0879. The highest BCUT2D eigenvalue weighted by molar-refractivity contribution is 5.34. The van der Waals surface area contributed by atoms with Gasteiger partial charge in [-0.15, -0.1) is 0 Å². The summed E-state index contributed by atoms with van der Waals surface area (Å²) < 4.78 is 7.27. The molecule has 0 saturated carbocycles. The lowest BCUT2D eigenvalue weighted by Gasteiger charge is -2.11. The summed E-state index contributed by atoms with van der Waals surface area (Å²) in [6.45, 7) is 1.95. The first-order valence-corrected chi connectivity index (χ1v) is 6.60. The van der Waals surface area contributed by atoms with Gasteiger partial charge in [0.2, 0.25) is 0 Å². The Morgan fingerprint density at radius 1 is 1.20 bits per heavy atom. The molecule has 1 unspecified atom stereocenters. The van der Waals surface area contributed by atoms with Gasteiger partial charge >= 0.3 is 0 Å². The number of nitrogens with zero attached hydrogens (tertiary/aromatic N) is 2. The lowest BCUT2D eigenvalue weighted by atomic mass is 10.1. The molecule has 3 aromatic rings. The molecule has 0 aliphatic rings. The third-order valence-electron chi connectivity index (χ3n) is 3.33. The highest BCUT2D eigenvalue weighted by Gasteiger charge is 2.16. The van der Waals surface area contributed by atoms with Gasteiger partial charge < -0.3 is 9.73 Å². The summed E-state index contributed by atoms with van der Waals surface area (Å²) in [6, 6.07) is 12.2. The molecule has 3 rings (SSSR count). The SMILES string of the molecule is CNC(c1coc(C)c1)c1cnn(-c2ccccc2)c1. The maximum Gasteiger partial charge on any atom is 0.101 e. The molecule has 0 radical (unpaired) electrons. The summed E-state index contributed by atoms with van der Waals surface area (Å²) in [5, 5.41) is 7.73. The molecule has 4 heteroatoms. The maximum absolute atomic E-state index is 5.39. The molecule has 102 valence electrons.